The number of halogens is 2. The fourth-order valence-corrected chi connectivity index (χ4v) is 3.35. The number of nitrogens with one attached hydrogen (secondary N) is 1. The largest absolute Gasteiger partial charge is 0.490 e. The van der Waals surface area contributed by atoms with Crippen LogP contribution >= 0.6 is 15.9 Å². The van der Waals surface area contributed by atoms with Gasteiger partial charge in [0, 0.05) is 15.6 Å². The maximum atomic E-state index is 13.1. The second-order valence-corrected chi connectivity index (χ2v) is 8.16. The van der Waals surface area contributed by atoms with Crippen LogP contribution in [0.2, 0.25) is 0 Å². The predicted molar refractivity (Wildman–Crippen MR) is 133 cm³/mol. The number of hydrogen-bond donors (Lipinski definition) is 1. The Hall–Kier alpha value is -3.39. The molecule has 0 aliphatic rings. The van der Waals surface area contributed by atoms with Gasteiger partial charge in [0.1, 0.15) is 18.2 Å². The fraction of sp³-hybridized carbons (Fsp3) is 0.231. The van der Waals surface area contributed by atoms with Crippen molar-refractivity contribution in [2.45, 2.75) is 26.9 Å². The highest BCUT2D eigenvalue weighted by Crippen LogP contribution is 2.29. The number of amides is 1. The normalized spacial score (nSPS) is 10.8. The Kier molecular flexibility index (Phi) is 9.46. The average Bonchev–Trinajstić information content (AvgIpc) is 2.84. The van der Waals surface area contributed by atoms with Crippen molar-refractivity contribution in [3.05, 3.63) is 87.6 Å². The van der Waals surface area contributed by atoms with Gasteiger partial charge in [0.2, 0.25) is 0 Å². The summed E-state index contributed by atoms with van der Waals surface area (Å²) in [5.74, 6) is 0.994. The van der Waals surface area contributed by atoms with Crippen molar-refractivity contribution in [3.8, 4) is 17.2 Å². The molecule has 0 heterocycles. The molecule has 0 radical (unpaired) electrons. The topological polar surface area (TPSA) is 69.2 Å². The summed E-state index contributed by atoms with van der Waals surface area (Å²) in [5.41, 5.74) is 4.42. The van der Waals surface area contributed by atoms with Crippen LogP contribution in [0.4, 0.5) is 4.39 Å². The van der Waals surface area contributed by atoms with Gasteiger partial charge in [-0.25, -0.2) is 9.82 Å². The van der Waals surface area contributed by atoms with Gasteiger partial charge in [-0.15, -0.1) is 0 Å². The van der Waals surface area contributed by atoms with Gasteiger partial charge >= 0.3 is 0 Å². The molecule has 178 valence electrons. The zero-order chi connectivity index (χ0) is 24.3. The first-order valence-corrected chi connectivity index (χ1v) is 11.7. The lowest BCUT2D eigenvalue weighted by Crippen LogP contribution is -2.18. The van der Waals surface area contributed by atoms with E-state index >= 15 is 0 Å². The Balaban J connectivity index is 1.68. The molecule has 0 aliphatic carbocycles. The van der Waals surface area contributed by atoms with Crippen molar-refractivity contribution in [2.24, 2.45) is 5.10 Å². The van der Waals surface area contributed by atoms with Crippen molar-refractivity contribution < 1.29 is 23.4 Å². The Morgan fingerprint density at radius 3 is 2.47 bits per heavy atom. The highest BCUT2D eigenvalue weighted by Gasteiger charge is 2.11. The third-order valence-corrected chi connectivity index (χ3v) is 5.11. The molecule has 0 aromatic heterocycles. The van der Waals surface area contributed by atoms with E-state index in [9.17, 15) is 9.18 Å². The number of hydrogen-bond acceptors (Lipinski definition) is 5. The molecule has 3 rings (SSSR count). The molecule has 3 aromatic rings. The maximum Gasteiger partial charge on any atom is 0.271 e. The SMILES string of the molecule is CCCOc1ccc(C(=O)N/N=C/c2cc(Br)ccc2OCc2ccc(F)cc2)cc1OCC. The van der Waals surface area contributed by atoms with Gasteiger partial charge in [-0.05, 0) is 67.4 Å². The molecule has 0 fully saturated rings. The molecular weight excluding hydrogens is 503 g/mol. The number of carbonyl (C=O) groups is 1. The zero-order valence-electron chi connectivity index (χ0n) is 19.0. The molecule has 0 saturated carbocycles. The lowest BCUT2D eigenvalue weighted by molar-refractivity contribution is 0.0954. The highest BCUT2D eigenvalue weighted by atomic mass is 79.9. The smallest absolute Gasteiger partial charge is 0.271 e. The Bertz CT molecular complexity index is 1140. The van der Waals surface area contributed by atoms with Crippen LogP contribution in [0.3, 0.4) is 0 Å². The summed E-state index contributed by atoms with van der Waals surface area (Å²) in [5, 5.41) is 4.09. The Morgan fingerprint density at radius 2 is 1.74 bits per heavy atom. The van der Waals surface area contributed by atoms with E-state index in [-0.39, 0.29) is 18.3 Å². The van der Waals surface area contributed by atoms with Crippen molar-refractivity contribution in [2.75, 3.05) is 13.2 Å². The van der Waals surface area contributed by atoms with Crippen molar-refractivity contribution in [1.82, 2.24) is 5.43 Å². The summed E-state index contributed by atoms with van der Waals surface area (Å²) >= 11 is 3.43. The third-order valence-electron chi connectivity index (χ3n) is 4.62. The van der Waals surface area contributed by atoms with Gasteiger partial charge in [-0.3, -0.25) is 4.79 Å². The molecule has 34 heavy (non-hydrogen) atoms. The van der Waals surface area contributed by atoms with Crippen LogP contribution in [0.5, 0.6) is 17.2 Å². The van der Waals surface area contributed by atoms with Crippen molar-refractivity contribution in [3.63, 3.8) is 0 Å². The molecular formula is C26H26BrFN2O4. The minimum atomic E-state index is -0.386. The van der Waals surface area contributed by atoms with E-state index in [1.165, 1.54) is 18.3 Å². The number of carbonyl (C=O) groups excluding carboxylic acids is 1. The minimum absolute atomic E-state index is 0.266. The first-order chi connectivity index (χ1) is 16.5. The molecule has 6 nitrogen and oxygen atoms in total. The molecule has 0 bridgehead atoms. The summed E-state index contributed by atoms with van der Waals surface area (Å²) in [7, 11) is 0. The molecule has 0 unspecified atom stereocenters. The Labute approximate surface area is 206 Å². The van der Waals surface area contributed by atoms with Crippen LogP contribution < -0.4 is 19.6 Å². The minimum Gasteiger partial charge on any atom is -0.490 e. The van der Waals surface area contributed by atoms with Crippen molar-refractivity contribution in [1.29, 1.82) is 0 Å². The van der Waals surface area contributed by atoms with E-state index in [0.29, 0.717) is 41.6 Å². The lowest BCUT2D eigenvalue weighted by Gasteiger charge is -2.12. The molecule has 3 aromatic carbocycles. The van der Waals surface area contributed by atoms with E-state index in [0.717, 1.165) is 16.5 Å². The monoisotopic (exact) mass is 528 g/mol. The van der Waals surface area contributed by atoms with E-state index in [1.807, 2.05) is 26.0 Å². The van der Waals surface area contributed by atoms with Gasteiger partial charge in [0.15, 0.2) is 11.5 Å². The second-order valence-electron chi connectivity index (χ2n) is 7.24. The fourth-order valence-electron chi connectivity index (χ4n) is 2.97. The van der Waals surface area contributed by atoms with Gasteiger partial charge in [0.05, 0.1) is 19.4 Å². The van der Waals surface area contributed by atoms with E-state index in [2.05, 4.69) is 26.5 Å². The number of hydrazone groups is 1. The van der Waals surface area contributed by atoms with Crippen LogP contribution in [0.25, 0.3) is 0 Å². The number of ether oxygens (including phenoxy) is 3. The first-order valence-electron chi connectivity index (χ1n) is 10.9. The predicted octanol–water partition coefficient (Wildman–Crippen LogP) is 6.12. The van der Waals surface area contributed by atoms with Gasteiger partial charge in [-0.1, -0.05) is 35.0 Å². The van der Waals surface area contributed by atoms with Gasteiger partial charge in [-0.2, -0.15) is 5.10 Å². The molecule has 0 spiro atoms. The Morgan fingerprint density at radius 1 is 0.971 bits per heavy atom. The van der Waals surface area contributed by atoms with Crippen molar-refractivity contribution >= 4 is 28.1 Å². The van der Waals surface area contributed by atoms with Gasteiger partial charge in [0.25, 0.3) is 5.91 Å². The summed E-state index contributed by atoms with van der Waals surface area (Å²) in [6, 6.07) is 16.6. The van der Waals surface area contributed by atoms with E-state index in [1.54, 1.807) is 36.4 Å². The van der Waals surface area contributed by atoms with E-state index in [4.69, 9.17) is 14.2 Å². The molecule has 8 heteroatoms. The van der Waals surface area contributed by atoms with Crippen LogP contribution in [0.15, 0.2) is 70.2 Å². The average molecular weight is 529 g/mol. The number of benzene rings is 3. The van der Waals surface area contributed by atoms with Crippen LogP contribution in [0, 0.1) is 5.82 Å². The van der Waals surface area contributed by atoms with Crippen LogP contribution in [-0.4, -0.2) is 25.3 Å². The zero-order valence-corrected chi connectivity index (χ0v) is 20.6. The van der Waals surface area contributed by atoms with Gasteiger partial charge < -0.3 is 14.2 Å². The van der Waals surface area contributed by atoms with Crippen LogP contribution in [-0.2, 0) is 6.61 Å². The molecule has 1 N–H and O–H groups in total. The quantitative estimate of drug-likeness (QED) is 0.240. The molecule has 0 saturated heterocycles. The number of nitrogens with zero attached hydrogens (tertiary/aromatic N) is 1. The summed E-state index contributed by atoms with van der Waals surface area (Å²) in [6.45, 7) is 5.17. The standard InChI is InChI=1S/C26H26BrFN2O4/c1-3-13-33-24-11-7-19(15-25(24)32-4-2)26(31)30-29-16-20-14-21(27)8-12-23(20)34-17-18-5-9-22(28)10-6-18/h5-12,14-16H,3-4,13,17H2,1-2H3,(H,30,31)/b29-16+. The second kappa shape index (κ2) is 12.7. The summed E-state index contributed by atoms with van der Waals surface area (Å²) in [4.78, 5) is 12.6. The highest BCUT2D eigenvalue weighted by molar-refractivity contribution is 9.10. The summed E-state index contributed by atoms with van der Waals surface area (Å²) in [6.07, 6.45) is 2.37. The molecule has 1 amide bonds. The first kappa shape index (κ1) is 25.2. The maximum absolute atomic E-state index is 13.1. The number of rotatable bonds is 11. The molecule has 0 atom stereocenters. The summed E-state index contributed by atoms with van der Waals surface area (Å²) < 4.78 is 31.1. The van der Waals surface area contributed by atoms with E-state index < -0.39 is 0 Å². The lowest BCUT2D eigenvalue weighted by atomic mass is 10.2. The van der Waals surface area contributed by atoms with Crippen LogP contribution in [0.1, 0.15) is 41.8 Å². The molecule has 0 aliphatic heterocycles. The third kappa shape index (κ3) is 7.31.